The second-order valence-electron chi connectivity index (χ2n) is 3.95. The highest BCUT2D eigenvalue weighted by molar-refractivity contribution is 9.10. The molecule has 1 aromatic carbocycles. The second kappa shape index (κ2) is 7.84. The SMILES string of the molecule is CCCCOCCOc1ccc(Br)cc1S(N)(=O)=O. The number of hydrogen-bond donors (Lipinski definition) is 1. The predicted octanol–water partition coefficient (Wildman–Crippen LogP) is 2.29. The lowest BCUT2D eigenvalue weighted by molar-refractivity contribution is 0.0971. The van der Waals surface area contributed by atoms with Crippen LogP contribution in [0.4, 0.5) is 0 Å². The third-order valence-electron chi connectivity index (χ3n) is 2.34. The van der Waals surface area contributed by atoms with E-state index in [1.54, 1.807) is 12.1 Å². The number of hydrogen-bond acceptors (Lipinski definition) is 4. The number of primary sulfonamides is 1. The average Bonchev–Trinajstić information content (AvgIpc) is 2.34. The van der Waals surface area contributed by atoms with Crippen LogP contribution < -0.4 is 9.88 Å². The van der Waals surface area contributed by atoms with Crippen LogP contribution in [0.3, 0.4) is 0 Å². The van der Waals surface area contributed by atoms with Gasteiger partial charge in [0.15, 0.2) is 0 Å². The first kappa shape index (κ1) is 16.4. The maximum atomic E-state index is 11.4. The number of halogens is 1. The molecule has 0 saturated heterocycles. The Morgan fingerprint density at radius 2 is 2.00 bits per heavy atom. The van der Waals surface area contributed by atoms with E-state index in [1.807, 2.05) is 0 Å². The van der Waals surface area contributed by atoms with Gasteiger partial charge in [-0.05, 0) is 24.6 Å². The van der Waals surface area contributed by atoms with Gasteiger partial charge >= 0.3 is 0 Å². The maximum absolute atomic E-state index is 11.4. The van der Waals surface area contributed by atoms with Crippen LogP contribution in [0, 0.1) is 0 Å². The third-order valence-corrected chi connectivity index (χ3v) is 3.77. The Balaban J connectivity index is 2.59. The predicted molar refractivity (Wildman–Crippen MR) is 76.7 cm³/mol. The van der Waals surface area contributed by atoms with Crippen LogP contribution in [0.15, 0.2) is 27.6 Å². The quantitative estimate of drug-likeness (QED) is 0.728. The molecule has 0 saturated carbocycles. The minimum atomic E-state index is -3.80. The van der Waals surface area contributed by atoms with Crippen LogP contribution in [-0.4, -0.2) is 28.2 Å². The van der Waals surface area contributed by atoms with E-state index in [-0.39, 0.29) is 17.3 Å². The maximum Gasteiger partial charge on any atom is 0.241 e. The lowest BCUT2D eigenvalue weighted by Gasteiger charge is -2.10. The summed E-state index contributed by atoms with van der Waals surface area (Å²) in [6, 6.07) is 4.68. The first-order valence-corrected chi connectivity index (χ1v) is 8.32. The number of benzene rings is 1. The Labute approximate surface area is 122 Å². The minimum absolute atomic E-state index is 0.0320. The van der Waals surface area contributed by atoms with Gasteiger partial charge in [0.25, 0.3) is 0 Å². The van der Waals surface area contributed by atoms with Gasteiger partial charge in [-0.25, -0.2) is 13.6 Å². The summed E-state index contributed by atoms with van der Waals surface area (Å²) in [4.78, 5) is -0.0320. The Morgan fingerprint density at radius 3 is 2.63 bits per heavy atom. The molecule has 0 aliphatic heterocycles. The molecule has 1 rings (SSSR count). The van der Waals surface area contributed by atoms with Crippen LogP contribution >= 0.6 is 15.9 Å². The van der Waals surface area contributed by atoms with E-state index < -0.39 is 10.0 Å². The van der Waals surface area contributed by atoms with E-state index >= 15 is 0 Å². The first-order chi connectivity index (χ1) is 8.95. The van der Waals surface area contributed by atoms with Crippen molar-refractivity contribution < 1.29 is 17.9 Å². The van der Waals surface area contributed by atoms with Gasteiger partial charge in [-0.15, -0.1) is 0 Å². The van der Waals surface area contributed by atoms with Gasteiger partial charge in [0.1, 0.15) is 17.3 Å². The van der Waals surface area contributed by atoms with Gasteiger partial charge in [-0.1, -0.05) is 29.3 Å². The minimum Gasteiger partial charge on any atom is -0.490 e. The number of nitrogens with two attached hydrogens (primary N) is 1. The first-order valence-electron chi connectivity index (χ1n) is 5.98. The van der Waals surface area contributed by atoms with Crippen molar-refractivity contribution in [3.05, 3.63) is 22.7 Å². The van der Waals surface area contributed by atoms with Crippen molar-refractivity contribution in [3.63, 3.8) is 0 Å². The van der Waals surface area contributed by atoms with Crippen LogP contribution in [0.5, 0.6) is 5.75 Å². The zero-order valence-electron chi connectivity index (χ0n) is 10.8. The van der Waals surface area contributed by atoms with Crippen LogP contribution in [0.2, 0.25) is 0 Å². The van der Waals surface area contributed by atoms with Gasteiger partial charge in [0.2, 0.25) is 10.0 Å². The van der Waals surface area contributed by atoms with Gasteiger partial charge < -0.3 is 9.47 Å². The molecule has 0 unspecified atom stereocenters. The zero-order valence-corrected chi connectivity index (χ0v) is 13.2. The topological polar surface area (TPSA) is 78.6 Å². The highest BCUT2D eigenvalue weighted by Crippen LogP contribution is 2.26. The van der Waals surface area contributed by atoms with Crippen LogP contribution in [0.25, 0.3) is 0 Å². The van der Waals surface area contributed by atoms with E-state index in [0.29, 0.717) is 17.7 Å². The molecule has 0 heterocycles. The molecule has 0 fully saturated rings. The molecule has 2 N–H and O–H groups in total. The van der Waals surface area contributed by atoms with Gasteiger partial charge in [0.05, 0.1) is 6.61 Å². The van der Waals surface area contributed by atoms with E-state index in [2.05, 4.69) is 22.9 Å². The highest BCUT2D eigenvalue weighted by Gasteiger charge is 2.15. The summed E-state index contributed by atoms with van der Waals surface area (Å²) in [5.74, 6) is 0.241. The van der Waals surface area contributed by atoms with Gasteiger partial charge in [-0.2, -0.15) is 0 Å². The molecule has 0 bridgehead atoms. The smallest absolute Gasteiger partial charge is 0.241 e. The van der Waals surface area contributed by atoms with E-state index in [0.717, 1.165) is 12.8 Å². The molecule has 0 amide bonds. The zero-order chi connectivity index (χ0) is 14.3. The molecule has 108 valence electrons. The van der Waals surface area contributed by atoms with Crippen molar-refractivity contribution in [2.75, 3.05) is 19.8 Å². The highest BCUT2D eigenvalue weighted by atomic mass is 79.9. The molecule has 7 heteroatoms. The van der Waals surface area contributed by atoms with Crippen molar-refractivity contribution in [1.82, 2.24) is 0 Å². The molecular formula is C12H18BrNO4S. The van der Waals surface area contributed by atoms with E-state index in [1.165, 1.54) is 6.07 Å². The van der Waals surface area contributed by atoms with Gasteiger partial charge in [-0.3, -0.25) is 0 Å². The summed E-state index contributed by atoms with van der Waals surface area (Å²) in [5, 5.41) is 5.14. The summed E-state index contributed by atoms with van der Waals surface area (Å²) >= 11 is 3.20. The molecule has 19 heavy (non-hydrogen) atoms. The summed E-state index contributed by atoms with van der Waals surface area (Å²) < 4.78 is 34.2. The standard InChI is InChI=1S/C12H18BrNO4S/c1-2-3-6-17-7-8-18-11-5-4-10(13)9-12(11)19(14,15)16/h4-5,9H,2-3,6-8H2,1H3,(H2,14,15,16). The summed E-state index contributed by atoms with van der Waals surface area (Å²) in [6.45, 7) is 3.47. The molecule has 1 aromatic rings. The summed E-state index contributed by atoms with van der Waals surface area (Å²) in [5.41, 5.74) is 0. The molecule has 5 nitrogen and oxygen atoms in total. The molecule has 0 radical (unpaired) electrons. The number of ether oxygens (including phenoxy) is 2. The van der Waals surface area contributed by atoms with Crippen molar-refractivity contribution in [3.8, 4) is 5.75 Å². The van der Waals surface area contributed by atoms with Crippen molar-refractivity contribution in [2.24, 2.45) is 5.14 Å². The summed E-state index contributed by atoms with van der Waals surface area (Å²) in [6.07, 6.45) is 2.07. The lowest BCUT2D eigenvalue weighted by atomic mass is 10.3. The fraction of sp³-hybridized carbons (Fsp3) is 0.500. The lowest BCUT2D eigenvalue weighted by Crippen LogP contribution is -2.15. The van der Waals surface area contributed by atoms with Crippen molar-refractivity contribution in [2.45, 2.75) is 24.7 Å². The normalized spacial score (nSPS) is 11.5. The third kappa shape index (κ3) is 5.90. The molecule has 0 aliphatic rings. The Bertz CT molecular complexity index is 504. The average molecular weight is 352 g/mol. The number of sulfonamides is 1. The Morgan fingerprint density at radius 1 is 1.26 bits per heavy atom. The largest absolute Gasteiger partial charge is 0.490 e. The van der Waals surface area contributed by atoms with Crippen LogP contribution in [-0.2, 0) is 14.8 Å². The Hall–Kier alpha value is -0.630. The van der Waals surface area contributed by atoms with E-state index in [4.69, 9.17) is 14.6 Å². The number of rotatable bonds is 8. The van der Waals surface area contributed by atoms with E-state index in [9.17, 15) is 8.42 Å². The molecule has 0 aliphatic carbocycles. The number of unbranched alkanes of at least 4 members (excludes halogenated alkanes) is 1. The van der Waals surface area contributed by atoms with Crippen molar-refractivity contribution in [1.29, 1.82) is 0 Å². The van der Waals surface area contributed by atoms with Gasteiger partial charge in [0, 0.05) is 11.1 Å². The van der Waals surface area contributed by atoms with Crippen LogP contribution in [0.1, 0.15) is 19.8 Å². The van der Waals surface area contributed by atoms with Crippen molar-refractivity contribution >= 4 is 26.0 Å². The fourth-order valence-corrected chi connectivity index (χ4v) is 2.59. The molecule has 0 aromatic heterocycles. The molecular weight excluding hydrogens is 334 g/mol. The Kier molecular flexibility index (Phi) is 6.78. The summed E-state index contributed by atoms with van der Waals surface area (Å²) in [7, 11) is -3.80. The molecule has 0 spiro atoms. The molecule has 0 atom stereocenters. The fourth-order valence-electron chi connectivity index (χ4n) is 1.38. The second-order valence-corrected chi connectivity index (χ2v) is 6.40. The monoisotopic (exact) mass is 351 g/mol.